The Morgan fingerprint density at radius 1 is 1.09 bits per heavy atom. The average Bonchev–Trinajstić information content (AvgIpc) is 3.10. The number of carboxylic acid groups (broad SMARTS) is 1. The molecular formula is C26H30N2O5. The highest BCUT2D eigenvalue weighted by molar-refractivity contribution is 5.89. The maximum Gasteiger partial charge on any atom is 0.407 e. The first kappa shape index (κ1) is 22.8. The third-order valence-electron chi connectivity index (χ3n) is 7.23. The highest BCUT2D eigenvalue weighted by atomic mass is 16.5. The van der Waals surface area contributed by atoms with Crippen molar-refractivity contribution in [3.05, 3.63) is 59.7 Å². The number of amides is 2. The quantitative estimate of drug-likeness (QED) is 0.633. The van der Waals surface area contributed by atoms with Crippen molar-refractivity contribution in [3.8, 4) is 11.1 Å². The molecule has 2 aliphatic rings. The number of likely N-dealkylation sites (N-methyl/N-ethyl adjacent to an activating group) is 1. The fourth-order valence-electron chi connectivity index (χ4n) is 4.95. The van der Waals surface area contributed by atoms with Crippen molar-refractivity contribution in [2.24, 2.45) is 5.92 Å². The molecule has 7 heteroatoms. The molecule has 1 unspecified atom stereocenters. The first-order valence-electron chi connectivity index (χ1n) is 11.5. The van der Waals surface area contributed by atoms with E-state index in [1.54, 1.807) is 7.05 Å². The molecule has 4 rings (SSSR count). The van der Waals surface area contributed by atoms with Crippen LogP contribution in [0.1, 0.15) is 49.7 Å². The predicted octanol–water partition coefficient (Wildman–Crippen LogP) is 4.02. The molecule has 0 spiro atoms. The van der Waals surface area contributed by atoms with Crippen molar-refractivity contribution in [2.45, 2.75) is 44.1 Å². The zero-order chi connectivity index (χ0) is 23.6. The molecule has 2 aromatic rings. The minimum Gasteiger partial charge on any atom is -0.479 e. The number of alkyl carbamates (subject to hydrolysis) is 1. The monoisotopic (exact) mass is 450 g/mol. The SMILES string of the molecule is CCC(CNC(=O)OCC1c2ccccc2-c2ccccc21)C(=O)N(C)C1(C(=O)O)CCC1. The Kier molecular flexibility index (Phi) is 6.40. The Morgan fingerprint density at radius 2 is 1.67 bits per heavy atom. The molecular weight excluding hydrogens is 420 g/mol. The van der Waals surface area contributed by atoms with Crippen LogP contribution in [-0.4, -0.2) is 53.7 Å². The van der Waals surface area contributed by atoms with Crippen LogP contribution in [0.4, 0.5) is 4.79 Å². The van der Waals surface area contributed by atoms with E-state index >= 15 is 0 Å². The molecule has 0 saturated heterocycles. The van der Waals surface area contributed by atoms with Gasteiger partial charge in [-0.25, -0.2) is 9.59 Å². The Bertz CT molecular complexity index is 1020. The van der Waals surface area contributed by atoms with Crippen LogP contribution in [0.3, 0.4) is 0 Å². The predicted molar refractivity (Wildman–Crippen MR) is 124 cm³/mol. The summed E-state index contributed by atoms with van der Waals surface area (Å²) >= 11 is 0. The Balaban J connectivity index is 1.35. The number of carboxylic acids is 1. The number of aliphatic carboxylic acids is 1. The van der Waals surface area contributed by atoms with Crippen molar-refractivity contribution in [2.75, 3.05) is 20.2 Å². The van der Waals surface area contributed by atoms with Gasteiger partial charge in [0.25, 0.3) is 0 Å². The normalized spacial score (nSPS) is 16.7. The van der Waals surface area contributed by atoms with Crippen molar-refractivity contribution in [1.82, 2.24) is 10.2 Å². The first-order valence-corrected chi connectivity index (χ1v) is 11.5. The smallest absolute Gasteiger partial charge is 0.407 e. The molecule has 1 saturated carbocycles. The van der Waals surface area contributed by atoms with E-state index in [-0.39, 0.29) is 25.0 Å². The lowest BCUT2D eigenvalue weighted by molar-refractivity contribution is -0.165. The van der Waals surface area contributed by atoms with Crippen molar-refractivity contribution >= 4 is 18.0 Å². The third-order valence-corrected chi connectivity index (χ3v) is 7.23. The highest BCUT2D eigenvalue weighted by Gasteiger charge is 2.50. The summed E-state index contributed by atoms with van der Waals surface area (Å²) in [7, 11) is 1.55. The van der Waals surface area contributed by atoms with Gasteiger partial charge in [-0.05, 0) is 47.9 Å². The standard InChI is InChI=1S/C26H30N2O5/c1-3-17(23(29)28(2)26(24(30)31)13-8-14-26)15-27-25(32)33-16-22-20-11-6-4-9-18(20)19-10-5-7-12-21(19)22/h4-7,9-12,17,22H,3,8,13-16H2,1-2H3,(H,27,32)(H,30,31). The second kappa shape index (κ2) is 9.25. The van der Waals surface area contributed by atoms with E-state index in [4.69, 9.17) is 4.74 Å². The largest absolute Gasteiger partial charge is 0.479 e. The van der Waals surface area contributed by atoms with Gasteiger partial charge in [0.15, 0.2) is 0 Å². The van der Waals surface area contributed by atoms with Gasteiger partial charge >= 0.3 is 12.1 Å². The number of nitrogens with zero attached hydrogens (tertiary/aromatic N) is 1. The molecule has 0 radical (unpaired) electrons. The van der Waals surface area contributed by atoms with E-state index in [0.717, 1.165) is 28.7 Å². The van der Waals surface area contributed by atoms with Gasteiger partial charge in [0, 0.05) is 19.5 Å². The molecule has 1 atom stereocenters. The molecule has 2 aliphatic carbocycles. The van der Waals surface area contributed by atoms with Gasteiger partial charge in [-0.15, -0.1) is 0 Å². The number of benzene rings is 2. The van der Waals surface area contributed by atoms with E-state index in [0.29, 0.717) is 19.3 Å². The summed E-state index contributed by atoms with van der Waals surface area (Å²) < 4.78 is 5.54. The lowest BCUT2D eigenvalue weighted by Gasteiger charge is -2.45. The van der Waals surface area contributed by atoms with Gasteiger partial charge in [0.1, 0.15) is 12.1 Å². The van der Waals surface area contributed by atoms with Crippen LogP contribution in [0.25, 0.3) is 11.1 Å². The van der Waals surface area contributed by atoms with Gasteiger partial charge in [-0.3, -0.25) is 4.79 Å². The minimum absolute atomic E-state index is 0.0353. The minimum atomic E-state index is -1.12. The summed E-state index contributed by atoms with van der Waals surface area (Å²) in [6, 6.07) is 16.2. The number of rotatable bonds is 8. The van der Waals surface area contributed by atoms with Crippen LogP contribution in [0.2, 0.25) is 0 Å². The number of fused-ring (bicyclic) bond motifs is 3. The lowest BCUT2D eigenvalue weighted by atomic mass is 9.75. The maximum absolute atomic E-state index is 12.9. The number of carbonyl (C=O) groups is 3. The summed E-state index contributed by atoms with van der Waals surface area (Å²) in [5, 5.41) is 12.3. The molecule has 2 aromatic carbocycles. The molecule has 0 aliphatic heterocycles. The lowest BCUT2D eigenvalue weighted by Crippen LogP contribution is -2.61. The molecule has 2 N–H and O–H groups in total. The van der Waals surface area contributed by atoms with Crippen LogP contribution >= 0.6 is 0 Å². The average molecular weight is 451 g/mol. The van der Waals surface area contributed by atoms with Gasteiger partial charge in [0.2, 0.25) is 5.91 Å². The fraction of sp³-hybridized carbons (Fsp3) is 0.423. The van der Waals surface area contributed by atoms with Crippen LogP contribution in [0.5, 0.6) is 0 Å². The second-order valence-corrected chi connectivity index (χ2v) is 8.90. The van der Waals surface area contributed by atoms with E-state index < -0.39 is 23.5 Å². The molecule has 33 heavy (non-hydrogen) atoms. The molecule has 1 fully saturated rings. The molecule has 0 bridgehead atoms. The molecule has 2 amide bonds. The van der Waals surface area contributed by atoms with Crippen molar-refractivity contribution < 1.29 is 24.2 Å². The van der Waals surface area contributed by atoms with E-state index in [1.807, 2.05) is 31.2 Å². The van der Waals surface area contributed by atoms with Crippen molar-refractivity contribution in [1.29, 1.82) is 0 Å². The van der Waals surface area contributed by atoms with Crippen LogP contribution in [-0.2, 0) is 14.3 Å². The van der Waals surface area contributed by atoms with E-state index in [9.17, 15) is 19.5 Å². The molecule has 174 valence electrons. The number of hydrogen-bond donors (Lipinski definition) is 2. The number of hydrogen-bond acceptors (Lipinski definition) is 4. The van der Waals surface area contributed by atoms with Crippen LogP contribution < -0.4 is 5.32 Å². The molecule has 7 nitrogen and oxygen atoms in total. The topological polar surface area (TPSA) is 95.9 Å². The van der Waals surface area contributed by atoms with E-state index in [1.165, 1.54) is 4.90 Å². The summed E-state index contributed by atoms with van der Waals surface area (Å²) in [4.78, 5) is 38.5. The van der Waals surface area contributed by atoms with Crippen LogP contribution in [0, 0.1) is 5.92 Å². The highest BCUT2D eigenvalue weighted by Crippen LogP contribution is 2.44. The molecule has 0 heterocycles. The van der Waals surface area contributed by atoms with Gasteiger partial charge in [-0.1, -0.05) is 55.5 Å². The zero-order valence-electron chi connectivity index (χ0n) is 19.0. The molecule has 0 aromatic heterocycles. The number of nitrogens with one attached hydrogen (secondary N) is 1. The van der Waals surface area contributed by atoms with E-state index in [2.05, 4.69) is 29.6 Å². The Morgan fingerprint density at radius 3 is 2.15 bits per heavy atom. The summed E-state index contributed by atoms with van der Waals surface area (Å²) in [5.74, 6) is -1.78. The van der Waals surface area contributed by atoms with Gasteiger partial charge in [0.05, 0.1) is 5.92 Å². The zero-order valence-corrected chi connectivity index (χ0v) is 19.0. The third kappa shape index (κ3) is 4.08. The second-order valence-electron chi connectivity index (χ2n) is 8.90. The maximum atomic E-state index is 12.9. The Hall–Kier alpha value is -3.35. The first-order chi connectivity index (χ1) is 15.9. The fourth-order valence-corrected chi connectivity index (χ4v) is 4.95. The van der Waals surface area contributed by atoms with Gasteiger partial charge in [-0.2, -0.15) is 0 Å². The number of ether oxygens (including phenoxy) is 1. The summed E-state index contributed by atoms with van der Waals surface area (Å²) in [6.45, 7) is 2.16. The van der Waals surface area contributed by atoms with Crippen molar-refractivity contribution in [3.63, 3.8) is 0 Å². The van der Waals surface area contributed by atoms with Crippen LogP contribution in [0.15, 0.2) is 48.5 Å². The summed E-state index contributed by atoms with van der Waals surface area (Å²) in [6.07, 6.45) is 1.62. The Labute approximate surface area is 193 Å². The van der Waals surface area contributed by atoms with Gasteiger partial charge < -0.3 is 20.1 Å². The number of carbonyl (C=O) groups excluding carboxylic acids is 2. The summed E-state index contributed by atoms with van der Waals surface area (Å²) in [5.41, 5.74) is 3.47.